The lowest BCUT2D eigenvalue weighted by Gasteiger charge is -2.18. The molecular formula is C13H16BrN3O2. The lowest BCUT2D eigenvalue weighted by molar-refractivity contribution is 0.0635. The minimum atomic E-state index is -0.533. The molecule has 0 aliphatic heterocycles. The summed E-state index contributed by atoms with van der Waals surface area (Å²) in [6.45, 7) is 7.40. The molecule has 1 amide bonds. The van der Waals surface area contributed by atoms with Crippen molar-refractivity contribution in [3.63, 3.8) is 0 Å². The van der Waals surface area contributed by atoms with Crippen molar-refractivity contribution in [2.24, 2.45) is 0 Å². The Morgan fingerprint density at radius 1 is 1.42 bits per heavy atom. The Morgan fingerprint density at radius 2 is 2.11 bits per heavy atom. The first-order valence-corrected chi connectivity index (χ1v) is 6.70. The van der Waals surface area contributed by atoms with E-state index in [2.05, 4.69) is 31.2 Å². The number of fused-ring (bicyclic) bond motifs is 1. The van der Waals surface area contributed by atoms with Crippen LogP contribution in [0.25, 0.3) is 11.0 Å². The van der Waals surface area contributed by atoms with Gasteiger partial charge in [-0.3, -0.25) is 5.32 Å². The van der Waals surface area contributed by atoms with Gasteiger partial charge in [0.1, 0.15) is 5.60 Å². The first kappa shape index (κ1) is 13.9. The topological polar surface area (TPSA) is 67.0 Å². The Labute approximate surface area is 119 Å². The molecule has 5 nitrogen and oxygen atoms in total. The molecule has 102 valence electrons. The van der Waals surface area contributed by atoms with Gasteiger partial charge < -0.3 is 9.72 Å². The number of hydrogen-bond donors (Lipinski definition) is 2. The summed E-state index contributed by atoms with van der Waals surface area (Å²) in [4.78, 5) is 19.0. The molecule has 19 heavy (non-hydrogen) atoms. The Morgan fingerprint density at radius 3 is 2.74 bits per heavy atom. The fourth-order valence-corrected chi connectivity index (χ4v) is 2.28. The SMILES string of the molecule is Cc1cc(Br)cc2[nH]c(NC(=O)OC(C)(C)C)nc12. The van der Waals surface area contributed by atoms with Crippen LogP contribution in [0.3, 0.4) is 0 Å². The summed E-state index contributed by atoms with van der Waals surface area (Å²) in [7, 11) is 0. The summed E-state index contributed by atoms with van der Waals surface area (Å²) in [6, 6.07) is 3.88. The summed E-state index contributed by atoms with van der Waals surface area (Å²) in [5.74, 6) is 0.380. The van der Waals surface area contributed by atoms with E-state index < -0.39 is 11.7 Å². The van der Waals surface area contributed by atoms with E-state index in [1.165, 1.54) is 0 Å². The van der Waals surface area contributed by atoms with Gasteiger partial charge >= 0.3 is 6.09 Å². The lowest BCUT2D eigenvalue weighted by Crippen LogP contribution is -2.27. The average molecular weight is 326 g/mol. The molecule has 0 aliphatic rings. The van der Waals surface area contributed by atoms with Crippen molar-refractivity contribution in [1.29, 1.82) is 0 Å². The third-order valence-corrected chi connectivity index (χ3v) is 2.82. The number of aromatic nitrogens is 2. The van der Waals surface area contributed by atoms with E-state index in [1.54, 1.807) is 0 Å². The zero-order chi connectivity index (χ0) is 14.2. The highest BCUT2D eigenvalue weighted by molar-refractivity contribution is 9.10. The highest BCUT2D eigenvalue weighted by atomic mass is 79.9. The number of anilines is 1. The number of halogens is 1. The largest absolute Gasteiger partial charge is 0.444 e. The minimum absolute atomic E-state index is 0.380. The fourth-order valence-electron chi connectivity index (χ4n) is 1.71. The molecule has 2 rings (SSSR count). The molecule has 0 atom stereocenters. The Balaban J connectivity index is 2.23. The molecule has 0 radical (unpaired) electrons. The summed E-state index contributed by atoms with van der Waals surface area (Å²) in [5.41, 5.74) is 2.18. The second kappa shape index (κ2) is 4.85. The van der Waals surface area contributed by atoms with Crippen LogP contribution in [0.15, 0.2) is 16.6 Å². The van der Waals surface area contributed by atoms with E-state index >= 15 is 0 Å². The van der Waals surface area contributed by atoms with E-state index in [1.807, 2.05) is 39.8 Å². The molecule has 1 aromatic heterocycles. The van der Waals surface area contributed by atoms with Crippen LogP contribution in [0.4, 0.5) is 10.7 Å². The van der Waals surface area contributed by atoms with Gasteiger partial charge in [0, 0.05) is 4.47 Å². The quantitative estimate of drug-likeness (QED) is 0.833. The zero-order valence-electron chi connectivity index (χ0n) is 11.3. The number of carbonyl (C=O) groups excluding carboxylic acids is 1. The number of benzene rings is 1. The van der Waals surface area contributed by atoms with Gasteiger partial charge in [-0.25, -0.2) is 9.78 Å². The Kier molecular flexibility index (Phi) is 3.54. The molecule has 2 N–H and O–H groups in total. The Bertz CT molecular complexity index is 629. The first-order valence-electron chi connectivity index (χ1n) is 5.90. The zero-order valence-corrected chi connectivity index (χ0v) is 12.9. The van der Waals surface area contributed by atoms with Gasteiger partial charge in [0.15, 0.2) is 0 Å². The number of aryl methyl sites for hydroxylation is 1. The lowest BCUT2D eigenvalue weighted by atomic mass is 10.2. The molecule has 0 spiro atoms. The van der Waals surface area contributed by atoms with Crippen molar-refractivity contribution >= 4 is 39.0 Å². The molecule has 2 aromatic rings. The number of hydrogen-bond acceptors (Lipinski definition) is 3. The summed E-state index contributed by atoms with van der Waals surface area (Å²) < 4.78 is 6.14. The monoisotopic (exact) mass is 325 g/mol. The molecule has 1 heterocycles. The number of carbonyl (C=O) groups is 1. The molecule has 6 heteroatoms. The van der Waals surface area contributed by atoms with Crippen LogP contribution >= 0.6 is 15.9 Å². The maximum absolute atomic E-state index is 11.7. The van der Waals surface area contributed by atoms with E-state index in [-0.39, 0.29) is 0 Å². The van der Waals surface area contributed by atoms with Crippen molar-refractivity contribution < 1.29 is 9.53 Å². The second-order valence-electron chi connectivity index (χ2n) is 5.33. The molecule has 0 bridgehead atoms. The van der Waals surface area contributed by atoms with Crippen LogP contribution in [0.5, 0.6) is 0 Å². The van der Waals surface area contributed by atoms with Gasteiger partial charge in [-0.2, -0.15) is 0 Å². The normalized spacial score (nSPS) is 11.6. The van der Waals surface area contributed by atoms with Crippen molar-refractivity contribution in [2.45, 2.75) is 33.3 Å². The number of amides is 1. The predicted molar refractivity (Wildman–Crippen MR) is 78.4 cm³/mol. The maximum Gasteiger partial charge on any atom is 0.414 e. The summed E-state index contributed by atoms with van der Waals surface area (Å²) in [6.07, 6.45) is -0.525. The van der Waals surface area contributed by atoms with E-state index in [0.717, 1.165) is 21.1 Å². The molecular weight excluding hydrogens is 310 g/mol. The molecule has 0 saturated heterocycles. The molecule has 1 aromatic carbocycles. The first-order chi connectivity index (χ1) is 8.74. The molecule has 0 saturated carbocycles. The number of imidazole rings is 1. The van der Waals surface area contributed by atoms with Crippen molar-refractivity contribution in [3.05, 3.63) is 22.2 Å². The number of nitrogens with one attached hydrogen (secondary N) is 2. The van der Waals surface area contributed by atoms with Crippen LogP contribution in [0, 0.1) is 6.92 Å². The van der Waals surface area contributed by atoms with Gasteiger partial charge in [0.05, 0.1) is 11.0 Å². The Hall–Kier alpha value is -1.56. The van der Waals surface area contributed by atoms with Crippen LogP contribution in [-0.2, 0) is 4.74 Å². The highest BCUT2D eigenvalue weighted by Crippen LogP contribution is 2.23. The molecule has 0 aliphatic carbocycles. The smallest absolute Gasteiger partial charge is 0.414 e. The van der Waals surface area contributed by atoms with E-state index in [0.29, 0.717) is 5.95 Å². The second-order valence-corrected chi connectivity index (χ2v) is 6.25. The third kappa shape index (κ3) is 3.47. The van der Waals surface area contributed by atoms with Gasteiger partial charge in [-0.05, 0) is 45.4 Å². The number of H-pyrrole nitrogens is 1. The maximum atomic E-state index is 11.7. The van der Waals surface area contributed by atoms with Gasteiger partial charge in [0.2, 0.25) is 5.95 Å². The molecule has 0 fully saturated rings. The van der Waals surface area contributed by atoms with Gasteiger partial charge in [0.25, 0.3) is 0 Å². The summed E-state index contributed by atoms with van der Waals surface area (Å²) in [5, 5.41) is 2.59. The van der Waals surface area contributed by atoms with Crippen LogP contribution in [-0.4, -0.2) is 21.7 Å². The van der Waals surface area contributed by atoms with Crippen LogP contribution in [0.2, 0.25) is 0 Å². The standard InChI is InChI=1S/C13H16BrN3O2/c1-7-5-8(14)6-9-10(7)16-11(15-9)17-12(18)19-13(2,3)4/h5-6H,1-4H3,(H2,15,16,17,18). The fraction of sp³-hybridized carbons (Fsp3) is 0.385. The predicted octanol–water partition coefficient (Wildman–Crippen LogP) is 3.98. The van der Waals surface area contributed by atoms with Gasteiger partial charge in [-0.15, -0.1) is 0 Å². The number of aromatic amines is 1. The number of nitrogens with zero attached hydrogens (tertiary/aromatic N) is 1. The van der Waals surface area contributed by atoms with Crippen LogP contribution < -0.4 is 5.32 Å². The van der Waals surface area contributed by atoms with Crippen molar-refractivity contribution in [3.8, 4) is 0 Å². The van der Waals surface area contributed by atoms with Crippen molar-refractivity contribution in [1.82, 2.24) is 9.97 Å². The summed E-state index contributed by atoms with van der Waals surface area (Å²) >= 11 is 3.42. The number of rotatable bonds is 1. The minimum Gasteiger partial charge on any atom is -0.444 e. The van der Waals surface area contributed by atoms with Crippen molar-refractivity contribution in [2.75, 3.05) is 5.32 Å². The van der Waals surface area contributed by atoms with E-state index in [9.17, 15) is 4.79 Å². The third-order valence-electron chi connectivity index (χ3n) is 2.36. The highest BCUT2D eigenvalue weighted by Gasteiger charge is 2.17. The van der Waals surface area contributed by atoms with Gasteiger partial charge in [-0.1, -0.05) is 15.9 Å². The van der Waals surface area contributed by atoms with E-state index in [4.69, 9.17) is 4.74 Å². The average Bonchev–Trinajstić information content (AvgIpc) is 2.56. The molecule has 0 unspecified atom stereocenters. The van der Waals surface area contributed by atoms with Crippen LogP contribution in [0.1, 0.15) is 26.3 Å². The number of ether oxygens (including phenoxy) is 1.